The van der Waals surface area contributed by atoms with Gasteiger partial charge in [-0.15, -0.1) is 0 Å². The Morgan fingerprint density at radius 3 is 2.44 bits per heavy atom. The molecule has 0 aromatic carbocycles. The van der Waals surface area contributed by atoms with E-state index in [1.807, 2.05) is 0 Å². The van der Waals surface area contributed by atoms with Crippen molar-refractivity contribution in [3.63, 3.8) is 0 Å². The number of carbonyl (C=O) groups excluding carboxylic acids is 2. The Kier molecular flexibility index (Phi) is 7.68. The smallest absolute Gasteiger partial charge is 0.326 e. The molecule has 9 heteroatoms. The summed E-state index contributed by atoms with van der Waals surface area (Å²) in [5, 5.41) is 13.2. The molecule has 5 N–H and O–H groups in total. The molecule has 0 aliphatic heterocycles. The van der Waals surface area contributed by atoms with Gasteiger partial charge in [0.2, 0.25) is 5.91 Å². The Morgan fingerprint density at radius 2 is 2.00 bits per heavy atom. The Labute approximate surface area is 107 Å². The van der Waals surface area contributed by atoms with Gasteiger partial charge >= 0.3 is 12.0 Å². The fraction of sp³-hybridized carbons (Fsp3) is 0.667. The molecule has 2 atom stereocenters. The van der Waals surface area contributed by atoms with E-state index >= 15 is 0 Å². The first-order valence-electron chi connectivity index (χ1n) is 5.18. The summed E-state index contributed by atoms with van der Waals surface area (Å²) in [6.07, 6.45) is 1.60. The normalized spacial score (nSPS) is 13.4. The molecule has 3 amide bonds. The molecule has 18 heavy (non-hydrogen) atoms. The fourth-order valence-corrected chi connectivity index (χ4v) is 1.64. The highest BCUT2D eigenvalue weighted by Crippen LogP contribution is 1.91. The summed E-state index contributed by atoms with van der Waals surface area (Å²) in [5.74, 6) is -1.70. The highest BCUT2D eigenvalue weighted by atomic mass is 32.2. The van der Waals surface area contributed by atoms with Gasteiger partial charge in [0, 0.05) is 29.4 Å². The zero-order valence-corrected chi connectivity index (χ0v) is 10.8. The maximum Gasteiger partial charge on any atom is 0.326 e. The lowest BCUT2D eigenvalue weighted by Gasteiger charge is -2.13. The van der Waals surface area contributed by atoms with E-state index in [9.17, 15) is 18.6 Å². The largest absolute Gasteiger partial charge is 0.480 e. The molecular weight excluding hydrogens is 262 g/mol. The number of aliphatic carboxylic acids is 1. The van der Waals surface area contributed by atoms with Gasteiger partial charge in [0.05, 0.1) is 6.42 Å². The molecular formula is C9H17N3O5S. The van der Waals surface area contributed by atoms with Gasteiger partial charge in [0.1, 0.15) is 6.04 Å². The van der Waals surface area contributed by atoms with E-state index in [4.69, 9.17) is 10.8 Å². The van der Waals surface area contributed by atoms with Crippen molar-refractivity contribution in [2.24, 2.45) is 5.73 Å². The van der Waals surface area contributed by atoms with Crippen molar-refractivity contribution in [2.45, 2.75) is 18.9 Å². The average Bonchev–Trinajstić information content (AvgIpc) is 2.22. The van der Waals surface area contributed by atoms with Crippen molar-refractivity contribution in [2.75, 3.05) is 18.6 Å². The van der Waals surface area contributed by atoms with Crippen LogP contribution in [-0.4, -0.2) is 51.8 Å². The van der Waals surface area contributed by atoms with Crippen molar-refractivity contribution < 1.29 is 23.7 Å². The molecule has 104 valence electrons. The molecule has 0 radical (unpaired) electrons. The summed E-state index contributed by atoms with van der Waals surface area (Å²) < 4.78 is 10.7. The molecule has 8 nitrogen and oxygen atoms in total. The minimum Gasteiger partial charge on any atom is -0.480 e. The van der Waals surface area contributed by atoms with Crippen LogP contribution in [0.1, 0.15) is 12.8 Å². The second-order valence-corrected chi connectivity index (χ2v) is 5.15. The van der Waals surface area contributed by atoms with Crippen LogP contribution in [0.5, 0.6) is 0 Å². The zero-order chi connectivity index (χ0) is 14.1. The second kappa shape index (κ2) is 8.45. The first-order valence-corrected chi connectivity index (χ1v) is 6.91. The van der Waals surface area contributed by atoms with Gasteiger partial charge in [0.15, 0.2) is 0 Å². The number of carbonyl (C=O) groups is 3. The highest BCUT2D eigenvalue weighted by Gasteiger charge is 2.21. The van der Waals surface area contributed by atoms with Crippen LogP contribution < -0.4 is 16.4 Å². The quantitative estimate of drug-likeness (QED) is 0.396. The maximum atomic E-state index is 11.3. The number of primary amides is 1. The summed E-state index contributed by atoms with van der Waals surface area (Å²) in [6, 6.07) is -2.05. The summed E-state index contributed by atoms with van der Waals surface area (Å²) in [5.41, 5.74) is 4.85. The third-order valence-electron chi connectivity index (χ3n) is 1.90. The van der Waals surface area contributed by atoms with E-state index in [1.54, 1.807) is 6.26 Å². The third-order valence-corrected chi connectivity index (χ3v) is 2.77. The van der Waals surface area contributed by atoms with Gasteiger partial charge in [-0.1, -0.05) is 0 Å². The van der Waals surface area contributed by atoms with Crippen LogP contribution in [-0.2, 0) is 20.4 Å². The number of urea groups is 1. The molecule has 0 aliphatic rings. The summed E-state index contributed by atoms with van der Waals surface area (Å²) in [7, 11) is -0.933. The molecule has 0 saturated heterocycles. The number of carboxylic acid groups (broad SMARTS) is 1. The monoisotopic (exact) mass is 279 g/mol. The number of carboxylic acids is 1. The van der Waals surface area contributed by atoms with Crippen molar-refractivity contribution in [3.05, 3.63) is 0 Å². The van der Waals surface area contributed by atoms with Gasteiger partial charge in [-0.25, -0.2) is 9.59 Å². The first-order chi connectivity index (χ1) is 8.32. The Hall–Kier alpha value is -1.64. The zero-order valence-electron chi connectivity index (χ0n) is 9.97. The second-order valence-electron chi connectivity index (χ2n) is 3.59. The van der Waals surface area contributed by atoms with Gasteiger partial charge in [-0.05, 0) is 6.42 Å². The number of nitrogens with one attached hydrogen (secondary N) is 2. The molecule has 0 rings (SSSR count). The topological polar surface area (TPSA) is 139 Å². The van der Waals surface area contributed by atoms with E-state index < -0.39 is 41.2 Å². The highest BCUT2D eigenvalue weighted by molar-refractivity contribution is 7.84. The standard InChI is InChI=1S/C9H17N3O5S/c1-18(17)4-2-3-11-9(16)12-6(8(14)15)5-7(10)13/h6H,2-5H2,1H3,(H2,10,13)(H,14,15)(H2,11,12,16)/t6-,18?/m1/s1. The molecule has 0 fully saturated rings. The predicted molar refractivity (Wildman–Crippen MR) is 65.3 cm³/mol. The SMILES string of the molecule is CS(=O)CCCNC(=O)N[C@H](CC(N)=O)C(=O)O. The molecule has 0 saturated carbocycles. The molecule has 0 aromatic rings. The van der Waals surface area contributed by atoms with Crippen LogP contribution >= 0.6 is 0 Å². The van der Waals surface area contributed by atoms with E-state index in [0.29, 0.717) is 12.2 Å². The molecule has 0 heterocycles. The van der Waals surface area contributed by atoms with Crippen molar-refractivity contribution in [1.82, 2.24) is 10.6 Å². The lowest BCUT2D eigenvalue weighted by atomic mass is 10.2. The average molecular weight is 279 g/mol. The van der Waals surface area contributed by atoms with Crippen molar-refractivity contribution in [1.29, 1.82) is 0 Å². The minimum atomic E-state index is -1.34. The number of rotatable bonds is 8. The van der Waals surface area contributed by atoms with E-state index in [0.717, 1.165) is 0 Å². The lowest BCUT2D eigenvalue weighted by Crippen LogP contribution is -2.47. The predicted octanol–water partition coefficient (Wildman–Crippen LogP) is -1.62. The fourth-order valence-electron chi connectivity index (χ4n) is 1.09. The van der Waals surface area contributed by atoms with E-state index in [-0.39, 0.29) is 6.54 Å². The first kappa shape index (κ1) is 16.4. The van der Waals surface area contributed by atoms with Gasteiger partial charge in [0.25, 0.3) is 0 Å². The van der Waals surface area contributed by atoms with Gasteiger partial charge in [-0.3, -0.25) is 9.00 Å². The Balaban J connectivity index is 3.99. The van der Waals surface area contributed by atoms with Gasteiger partial charge in [-0.2, -0.15) is 0 Å². The molecule has 0 aromatic heterocycles. The summed E-state index contributed by atoms with van der Waals surface area (Å²) >= 11 is 0. The van der Waals surface area contributed by atoms with Crippen LogP contribution in [0.4, 0.5) is 4.79 Å². The van der Waals surface area contributed by atoms with Crippen LogP contribution in [0, 0.1) is 0 Å². The molecule has 1 unspecified atom stereocenters. The van der Waals surface area contributed by atoms with Crippen molar-refractivity contribution in [3.8, 4) is 0 Å². The number of hydrogen-bond donors (Lipinski definition) is 4. The van der Waals surface area contributed by atoms with Crippen molar-refractivity contribution >= 4 is 28.7 Å². The van der Waals surface area contributed by atoms with Gasteiger partial charge < -0.3 is 21.5 Å². The van der Waals surface area contributed by atoms with Crippen LogP contribution in [0.2, 0.25) is 0 Å². The Bertz CT molecular complexity index is 347. The third kappa shape index (κ3) is 8.50. The summed E-state index contributed by atoms with van der Waals surface area (Å²) in [4.78, 5) is 32.6. The number of hydrogen-bond acceptors (Lipinski definition) is 4. The summed E-state index contributed by atoms with van der Waals surface area (Å²) in [6.45, 7) is 0.272. The van der Waals surface area contributed by atoms with E-state index in [2.05, 4.69) is 10.6 Å². The lowest BCUT2D eigenvalue weighted by molar-refractivity contribution is -0.140. The molecule has 0 bridgehead atoms. The minimum absolute atomic E-state index is 0.272. The van der Waals surface area contributed by atoms with Crippen LogP contribution in [0.25, 0.3) is 0 Å². The van der Waals surface area contributed by atoms with Crippen LogP contribution in [0.3, 0.4) is 0 Å². The maximum absolute atomic E-state index is 11.3. The Morgan fingerprint density at radius 1 is 1.39 bits per heavy atom. The number of amides is 3. The number of nitrogens with two attached hydrogens (primary N) is 1. The van der Waals surface area contributed by atoms with E-state index in [1.165, 1.54) is 0 Å². The molecule has 0 aliphatic carbocycles. The van der Waals surface area contributed by atoms with Crippen LogP contribution in [0.15, 0.2) is 0 Å². The molecule has 0 spiro atoms.